The molecule has 0 radical (unpaired) electrons. The van der Waals surface area contributed by atoms with E-state index in [0.29, 0.717) is 11.3 Å². The molecular formula is C13H8Br2N4. The number of alkyl halides is 1. The van der Waals surface area contributed by atoms with E-state index in [2.05, 4.69) is 42.9 Å². The predicted molar refractivity (Wildman–Crippen MR) is 79.3 cm³/mol. The van der Waals surface area contributed by atoms with Crippen LogP contribution in [-0.4, -0.2) is 10.7 Å². The summed E-state index contributed by atoms with van der Waals surface area (Å²) in [6.45, 7) is 0. The van der Waals surface area contributed by atoms with Crippen LogP contribution in [0.5, 0.6) is 0 Å². The van der Waals surface area contributed by atoms with Gasteiger partial charge >= 0.3 is 0 Å². The molecular weight excluding hydrogens is 372 g/mol. The molecule has 1 aliphatic rings. The van der Waals surface area contributed by atoms with Gasteiger partial charge in [-0.25, -0.2) is 0 Å². The maximum Gasteiger partial charge on any atom is 0.141 e. The van der Waals surface area contributed by atoms with Crippen LogP contribution in [0.25, 0.3) is 0 Å². The zero-order chi connectivity index (χ0) is 14.0. The van der Waals surface area contributed by atoms with Gasteiger partial charge in [-0.05, 0) is 17.7 Å². The van der Waals surface area contributed by atoms with E-state index in [9.17, 15) is 5.26 Å². The number of aliphatic imine (C=N–C) groups is 1. The monoisotopic (exact) mass is 378 g/mol. The van der Waals surface area contributed by atoms with Crippen molar-refractivity contribution in [3.05, 3.63) is 45.6 Å². The maximum absolute atomic E-state index is 9.28. The van der Waals surface area contributed by atoms with Gasteiger partial charge in [0.1, 0.15) is 10.9 Å². The van der Waals surface area contributed by atoms with Crippen molar-refractivity contribution in [2.24, 2.45) is 16.6 Å². The SMILES string of the molecule is N#CC1=C(N)[C@H](C#N)C(c2cccc(Br)c2)=N[C@H]1Br. The summed E-state index contributed by atoms with van der Waals surface area (Å²) in [5.41, 5.74) is 7.85. The molecule has 2 atom stereocenters. The van der Waals surface area contributed by atoms with Gasteiger partial charge in [-0.1, -0.05) is 44.0 Å². The second-order valence-electron chi connectivity index (χ2n) is 3.90. The number of dihydropyridines is 1. The highest BCUT2D eigenvalue weighted by Gasteiger charge is 2.30. The molecule has 0 saturated heterocycles. The third-order valence-corrected chi connectivity index (χ3v) is 3.91. The molecule has 1 aliphatic heterocycles. The van der Waals surface area contributed by atoms with Crippen LogP contribution in [0.3, 0.4) is 0 Å². The molecule has 0 unspecified atom stereocenters. The van der Waals surface area contributed by atoms with E-state index >= 15 is 0 Å². The molecule has 6 heteroatoms. The average molecular weight is 380 g/mol. The van der Waals surface area contributed by atoms with Crippen molar-refractivity contribution in [2.75, 3.05) is 0 Å². The summed E-state index contributed by atoms with van der Waals surface area (Å²) in [6, 6.07) is 11.6. The van der Waals surface area contributed by atoms with E-state index in [1.54, 1.807) is 0 Å². The summed E-state index contributed by atoms with van der Waals surface area (Å²) in [6.07, 6.45) is 0. The lowest BCUT2D eigenvalue weighted by Gasteiger charge is -2.22. The minimum absolute atomic E-state index is 0.261. The van der Waals surface area contributed by atoms with Crippen LogP contribution in [0, 0.1) is 28.6 Å². The fourth-order valence-electron chi connectivity index (χ4n) is 1.84. The largest absolute Gasteiger partial charge is 0.400 e. The van der Waals surface area contributed by atoms with Gasteiger partial charge in [0.15, 0.2) is 0 Å². The molecule has 0 aromatic heterocycles. The Labute approximate surface area is 127 Å². The Kier molecular flexibility index (Phi) is 4.04. The zero-order valence-corrected chi connectivity index (χ0v) is 12.8. The van der Waals surface area contributed by atoms with Crippen molar-refractivity contribution in [1.29, 1.82) is 10.5 Å². The molecule has 0 saturated carbocycles. The molecule has 2 rings (SSSR count). The van der Waals surface area contributed by atoms with Gasteiger partial charge in [0.2, 0.25) is 0 Å². The number of nitriles is 2. The highest BCUT2D eigenvalue weighted by Crippen LogP contribution is 2.29. The average Bonchev–Trinajstić information content (AvgIpc) is 2.38. The quantitative estimate of drug-likeness (QED) is 0.601. The minimum atomic E-state index is -0.697. The van der Waals surface area contributed by atoms with Crippen LogP contribution in [-0.2, 0) is 0 Å². The number of nitrogens with two attached hydrogens (primary N) is 1. The van der Waals surface area contributed by atoms with Gasteiger partial charge in [-0.3, -0.25) is 4.99 Å². The van der Waals surface area contributed by atoms with Gasteiger partial charge in [0, 0.05) is 10.2 Å². The number of rotatable bonds is 1. The Morgan fingerprint density at radius 1 is 1.32 bits per heavy atom. The Bertz CT molecular complexity index is 664. The molecule has 94 valence electrons. The number of hydrogen-bond acceptors (Lipinski definition) is 4. The van der Waals surface area contributed by atoms with Crippen molar-refractivity contribution in [1.82, 2.24) is 0 Å². The molecule has 19 heavy (non-hydrogen) atoms. The third-order valence-electron chi connectivity index (χ3n) is 2.76. The van der Waals surface area contributed by atoms with E-state index in [-0.39, 0.29) is 5.70 Å². The van der Waals surface area contributed by atoms with E-state index < -0.39 is 10.9 Å². The topological polar surface area (TPSA) is 86.0 Å². The van der Waals surface area contributed by atoms with Gasteiger partial charge in [-0.2, -0.15) is 10.5 Å². The van der Waals surface area contributed by atoms with E-state index in [0.717, 1.165) is 10.0 Å². The Hall–Kier alpha value is -1.63. The molecule has 0 fully saturated rings. The van der Waals surface area contributed by atoms with E-state index in [1.165, 1.54) is 0 Å². The molecule has 0 spiro atoms. The first-order valence-electron chi connectivity index (χ1n) is 5.35. The van der Waals surface area contributed by atoms with Gasteiger partial charge in [0.25, 0.3) is 0 Å². The van der Waals surface area contributed by atoms with Crippen LogP contribution in [0.15, 0.2) is 45.0 Å². The van der Waals surface area contributed by atoms with Gasteiger partial charge in [0.05, 0.1) is 23.4 Å². The molecule has 4 nitrogen and oxygen atoms in total. The molecule has 0 bridgehead atoms. The van der Waals surface area contributed by atoms with Crippen LogP contribution in [0.4, 0.5) is 0 Å². The van der Waals surface area contributed by atoms with Crippen molar-refractivity contribution >= 4 is 37.6 Å². The first-order valence-corrected chi connectivity index (χ1v) is 7.06. The van der Waals surface area contributed by atoms with Crippen LogP contribution < -0.4 is 5.73 Å². The molecule has 1 aromatic carbocycles. The molecule has 2 N–H and O–H groups in total. The predicted octanol–water partition coefficient (Wildman–Crippen LogP) is 2.85. The molecule has 0 amide bonds. The summed E-state index contributed by atoms with van der Waals surface area (Å²) < 4.78 is 0.893. The number of benzene rings is 1. The Morgan fingerprint density at radius 3 is 2.63 bits per heavy atom. The molecule has 1 heterocycles. The fourth-order valence-corrected chi connectivity index (χ4v) is 2.83. The third kappa shape index (κ3) is 2.56. The summed E-state index contributed by atoms with van der Waals surface area (Å²) >= 11 is 6.68. The number of hydrogen-bond donors (Lipinski definition) is 1. The normalized spacial score (nSPS) is 22.4. The van der Waals surface area contributed by atoms with E-state index in [4.69, 9.17) is 11.0 Å². The summed E-state index contributed by atoms with van der Waals surface area (Å²) in [5.74, 6) is -0.697. The summed E-state index contributed by atoms with van der Waals surface area (Å²) in [7, 11) is 0. The van der Waals surface area contributed by atoms with Crippen molar-refractivity contribution in [2.45, 2.75) is 4.95 Å². The zero-order valence-electron chi connectivity index (χ0n) is 9.64. The molecule has 1 aromatic rings. The second kappa shape index (κ2) is 5.56. The minimum Gasteiger partial charge on any atom is -0.400 e. The molecule has 0 aliphatic carbocycles. The van der Waals surface area contributed by atoms with Gasteiger partial charge < -0.3 is 5.73 Å². The lowest BCUT2D eigenvalue weighted by molar-refractivity contribution is 0.902. The highest BCUT2D eigenvalue weighted by atomic mass is 79.9. The summed E-state index contributed by atoms with van der Waals surface area (Å²) in [4.78, 5) is 3.87. The number of allylic oxidation sites excluding steroid dienone is 1. The number of nitrogens with zero attached hydrogens (tertiary/aromatic N) is 3. The van der Waals surface area contributed by atoms with Crippen LogP contribution in [0.1, 0.15) is 5.56 Å². The van der Waals surface area contributed by atoms with Crippen molar-refractivity contribution in [3.63, 3.8) is 0 Å². The van der Waals surface area contributed by atoms with Gasteiger partial charge in [-0.15, -0.1) is 0 Å². The van der Waals surface area contributed by atoms with E-state index in [1.807, 2.05) is 30.3 Å². The number of halogens is 2. The first kappa shape index (κ1) is 13.8. The highest BCUT2D eigenvalue weighted by molar-refractivity contribution is 9.10. The van der Waals surface area contributed by atoms with Crippen LogP contribution >= 0.6 is 31.9 Å². The van der Waals surface area contributed by atoms with Crippen LogP contribution in [0.2, 0.25) is 0 Å². The van der Waals surface area contributed by atoms with Crippen molar-refractivity contribution < 1.29 is 0 Å². The van der Waals surface area contributed by atoms with Crippen molar-refractivity contribution in [3.8, 4) is 12.1 Å². The lowest BCUT2D eigenvalue weighted by atomic mass is 9.90. The first-order chi connectivity index (χ1) is 9.08. The Morgan fingerprint density at radius 2 is 2.05 bits per heavy atom. The fraction of sp³-hybridized carbons (Fsp3) is 0.154. The maximum atomic E-state index is 9.28. The lowest BCUT2D eigenvalue weighted by Crippen LogP contribution is -2.29. The smallest absolute Gasteiger partial charge is 0.141 e. The summed E-state index contributed by atoms with van der Waals surface area (Å²) in [5, 5.41) is 18.3. The standard InChI is InChI=1S/C13H8Br2N4/c14-8-3-1-2-7(4-8)12-9(5-16)11(18)10(6-17)13(15)19-12/h1-4,9,13H,18H2/t9-,13+/m0/s1. The Balaban J connectivity index is 2.54. The second-order valence-corrected chi connectivity index (χ2v) is 5.69.